The molecule has 0 aromatic heterocycles. The van der Waals surface area contributed by atoms with E-state index in [2.05, 4.69) is 0 Å². The third-order valence-corrected chi connectivity index (χ3v) is 6.79. The van der Waals surface area contributed by atoms with Crippen molar-refractivity contribution in [1.82, 2.24) is 0 Å². The van der Waals surface area contributed by atoms with Gasteiger partial charge < -0.3 is 4.74 Å². The van der Waals surface area contributed by atoms with Gasteiger partial charge in [0, 0.05) is 5.92 Å². The maximum absolute atomic E-state index is 13.7. The molecule has 1 aliphatic carbocycles. The van der Waals surface area contributed by atoms with Crippen LogP contribution in [0.15, 0.2) is 59.5 Å². The number of nitriles is 1. The maximum atomic E-state index is 13.7. The zero-order valence-corrected chi connectivity index (χ0v) is 14.7. The highest BCUT2D eigenvalue weighted by atomic mass is 32.2. The molecule has 5 nitrogen and oxygen atoms in total. The zero-order chi connectivity index (χ0) is 18.9. The summed E-state index contributed by atoms with van der Waals surface area (Å²) in [5, 5.41) is 8.40. The Kier molecular flexibility index (Phi) is 4.55. The van der Waals surface area contributed by atoms with Gasteiger partial charge in [-0.25, -0.2) is 12.8 Å². The van der Waals surface area contributed by atoms with Gasteiger partial charge in [-0.2, -0.15) is 5.26 Å². The third kappa shape index (κ3) is 2.67. The van der Waals surface area contributed by atoms with Gasteiger partial charge in [0.2, 0.25) is 0 Å². The SMILES string of the molecule is CCOC(=O)C1(C#N)C(c2cccc(F)c2)C1S(=O)(=O)c1ccccc1. The van der Waals surface area contributed by atoms with Crippen LogP contribution in [0.4, 0.5) is 4.39 Å². The molecule has 0 heterocycles. The van der Waals surface area contributed by atoms with E-state index in [0.29, 0.717) is 0 Å². The van der Waals surface area contributed by atoms with Gasteiger partial charge in [0.1, 0.15) is 11.1 Å². The maximum Gasteiger partial charge on any atom is 0.328 e. The summed E-state index contributed by atoms with van der Waals surface area (Å²) in [6.45, 7) is 1.58. The van der Waals surface area contributed by atoms with Crippen molar-refractivity contribution < 1.29 is 22.3 Å². The summed E-state index contributed by atoms with van der Waals surface area (Å²) >= 11 is 0. The Morgan fingerprint density at radius 3 is 2.50 bits per heavy atom. The summed E-state index contributed by atoms with van der Waals surface area (Å²) < 4.78 is 44.8. The molecular weight excluding hydrogens is 357 g/mol. The Labute approximate surface area is 150 Å². The Morgan fingerprint density at radius 1 is 1.23 bits per heavy atom. The number of sulfone groups is 1. The number of hydrogen-bond acceptors (Lipinski definition) is 5. The quantitative estimate of drug-likeness (QED) is 0.753. The van der Waals surface area contributed by atoms with Gasteiger partial charge >= 0.3 is 5.97 Å². The first kappa shape index (κ1) is 18.1. The van der Waals surface area contributed by atoms with E-state index in [1.807, 2.05) is 6.07 Å². The van der Waals surface area contributed by atoms with Crippen molar-refractivity contribution in [2.75, 3.05) is 6.61 Å². The first-order valence-electron chi connectivity index (χ1n) is 8.02. The summed E-state index contributed by atoms with van der Waals surface area (Å²) in [7, 11) is -4.00. The van der Waals surface area contributed by atoms with Crippen LogP contribution in [0.2, 0.25) is 0 Å². The molecule has 3 rings (SSSR count). The van der Waals surface area contributed by atoms with Crippen LogP contribution in [0.25, 0.3) is 0 Å². The summed E-state index contributed by atoms with van der Waals surface area (Å²) in [6, 6.07) is 14.7. The number of nitrogens with zero attached hydrogens (tertiary/aromatic N) is 1. The first-order chi connectivity index (χ1) is 12.4. The molecule has 3 atom stereocenters. The largest absolute Gasteiger partial charge is 0.465 e. The predicted octanol–water partition coefficient (Wildman–Crippen LogP) is 2.84. The van der Waals surface area contributed by atoms with E-state index in [-0.39, 0.29) is 17.1 Å². The molecule has 134 valence electrons. The molecule has 2 aromatic rings. The van der Waals surface area contributed by atoms with E-state index in [4.69, 9.17) is 4.74 Å². The van der Waals surface area contributed by atoms with Crippen molar-refractivity contribution in [1.29, 1.82) is 5.26 Å². The van der Waals surface area contributed by atoms with Gasteiger partial charge in [-0.05, 0) is 36.8 Å². The normalized spacial score (nSPS) is 24.5. The average molecular weight is 373 g/mol. The first-order valence-corrected chi connectivity index (χ1v) is 9.57. The van der Waals surface area contributed by atoms with Gasteiger partial charge in [0.05, 0.1) is 17.6 Å². The van der Waals surface area contributed by atoms with Gasteiger partial charge in [0.25, 0.3) is 0 Å². The highest BCUT2D eigenvalue weighted by Crippen LogP contribution is 2.64. The Morgan fingerprint density at radius 2 is 1.92 bits per heavy atom. The average Bonchev–Trinajstić information content (AvgIpc) is 3.34. The lowest BCUT2D eigenvalue weighted by Gasteiger charge is -2.09. The van der Waals surface area contributed by atoms with Crippen molar-refractivity contribution >= 4 is 15.8 Å². The van der Waals surface area contributed by atoms with Crippen molar-refractivity contribution in [2.24, 2.45) is 5.41 Å². The predicted molar refractivity (Wildman–Crippen MR) is 91.2 cm³/mol. The molecule has 1 fully saturated rings. The Hall–Kier alpha value is -2.72. The molecule has 2 aromatic carbocycles. The number of ether oxygens (including phenoxy) is 1. The second kappa shape index (κ2) is 6.54. The van der Waals surface area contributed by atoms with Crippen LogP contribution in [0.5, 0.6) is 0 Å². The van der Waals surface area contributed by atoms with E-state index in [9.17, 15) is 22.9 Å². The second-order valence-electron chi connectivity index (χ2n) is 6.01. The number of benzene rings is 2. The van der Waals surface area contributed by atoms with Gasteiger partial charge in [-0.15, -0.1) is 0 Å². The number of carbonyl (C=O) groups excluding carboxylic acids is 1. The summed E-state index contributed by atoms with van der Waals surface area (Å²) in [6.07, 6.45) is 0. The van der Waals surface area contributed by atoms with Gasteiger partial charge in [-0.1, -0.05) is 30.3 Å². The van der Waals surface area contributed by atoms with Crippen LogP contribution < -0.4 is 0 Å². The molecule has 7 heteroatoms. The van der Waals surface area contributed by atoms with E-state index in [1.165, 1.54) is 30.3 Å². The highest BCUT2D eigenvalue weighted by molar-refractivity contribution is 7.92. The molecule has 0 bridgehead atoms. The molecule has 0 radical (unpaired) electrons. The highest BCUT2D eigenvalue weighted by Gasteiger charge is 2.77. The van der Waals surface area contributed by atoms with Crippen LogP contribution in [0.3, 0.4) is 0 Å². The van der Waals surface area contributed by atoms with E-state index < -0.39 is 38.2 Å². The molecule has 0 aliphatic heterocycles. The smallest absolute Gasteiger partial charge is 0.328 e. The fourth-order valence-electron chi connectivity index (χ4n) is 3.35. The van der Waals surface area contributed by atoms with Crippen LogP contribution in [-0.4, -0.2) is 26.2 Å². The van der Waals surface area contributed by atoms with Crippen molar-refractivity contribution in [3.63, 3.8) is 0 Å². The van der Waals surface area contributed by atoms with Crippen molar-refractivity contribution in [3.05, 3.63) is 66.0 Å². The van der Waals surface area contributed by atoms with Gasteiger partial charge in [-0.3, -0.25) is 4.79 Å². The second-order valence-corrected chi connectivity index (χ2v) is 8.08. The molecule has 1 aliphatic rings. The lowest BCUT2D eigenvalue weighted by molar-refractivity contribution is -0.147. The number of carbonyl (C=O) groups is 1. The molecule has 1 saturated carbocycles. The van der Waals surface area contributed by atoms with Crippen LogP contribution in [-0.2, 0) is 19.4 Å². The summed E-state index contributed by atoms with van der Waals surface area (Å²) in [5.41, 5.74) is -1.61. The number of halogens is 1. The van der Waals surface area contributed by atoms with Crippen LogP contribution in [0, 0.1) is 22.6 Å². The molecule has 0 saturated heterocycles. The minimum Gasteiger partial charge on any atom is -0.465 e. The van der Waals surface area contributed by atoms with Crippen molar-refractivity contribution in [2.45, 2.75) is 23.0 Å². The topological polar surface area (TPSA) is 84.2 Å². The Bertz CT molecular complexity index is 984. The van der Waals surface area contributed by atoms with E-state index in [1.54, 1.807) is 25.1 Å². The molecule has 0 spiro atoms. The van der Waals surface area contributed by atoms with Crippen LogP contribution >= 0.6 is 0 Å². The van der Waals surface area contributed by atoms with E-state index in [0.717, 1.165) is 6.07 Å². The molecular formula is C19H16FNO4S. The summed E-state index contributed by atoms with van der Waals surface area (Å²) in [5.74, 6) is -2.46. The number of hydrogen-bond donors (Lipinski definition) is 0. The number of rotatable bonds is 5. The minimum atomic E-state index is -4.00. The minimum absolute atomic E-state index is 0.00725. The fraction of sp³-hybridized carbons (Fsp3) is 0.263. The molecule has 0 N–H and O–H groups in total. The monoisotopic (exact) mass is 373 g/mol. The summed E-state index contributed by atoms with van der Waals surface area (Å²) in [4.78, 5) is 12.5. The number of esters is 1. The van der Waals surface area contributed by atoms with Gasteiger partial charge in [0.15, 0.2) is 15.3 Å². The lowest BCUT2D eigenvalue weighted by atomic mass is 10.0. The zero-order valence-electron chi connectivity index (χ0n) is 13.9. The standard InChI is InChI=1S/C19H16FNO4S/c1-2-25-18(22)19(12-21)16(13-7-6-8-14(20)11-13)17(19)26(23,24)15-9-4-3-5-10-15/h3-11,16-17H,2H2,1H3. The van der Waals surface area contributed by atoms with Crippen LogP contribution in [0.1, 0.15) is 18.4 Å². The molecule has 0 amide bonds. The fourth-order valence-corrected chi connectivity index (χ4v) is 5.61. The molecule has 3 unspecified atom stereocenters. The lowest BCUT2D eigenvalue weighted by Crippen LogP contribution is -2.25. The van der Waals surface area contributed by atoms with Crippen molar-refractivity contribution in [3.8, 4) is 6.07 Å². The Balaban J connectivity index is 2.15. The molecule has 26 heavy (non-hydrogen) atoms. The third-order valence-electron chi connectivity index (χ3n) is 4.55. The van der Waals surface area contributed by atoms with E-state index >= 15 is 0 Å².